The summed E-state index contributed by atoms with van der Waals surface area (Å²) < 4.78 is 16.8. The fourth-order valence-electron chi connectivity index (χ4n) is 4.17. The van der Waals surface area contributed by atoms with Crippen molar-refractivity contribution in [2.45, 2.75) is 19.9 Å². The third-order valence-corrected chi connectivity index (χ3v) is 7.13. The highest BCUT2D eigenvalue weighted by molar-refractivity contribution is 7.15. The highest BCUT2D eigenvalue weighted by Gasteiger charge is 2.47. The summed E-state index contributed by atoms with van der Waals surface area (Å²) in [4.78, 5) is 34.0. The van der Waals surface area contributed by atoms with Crippen LogP contribution in [0.1, 0.15) is 32.7 Å². The number of aromatic nitrogens is 1. The molecule has 1 unspecified atom stereocenters. The van der Waals surface area contributed by atoms with Crippen LogP contribution in [0, 0.1) is 13.8 Å². The maximum atomic E-state index is 13.8. The van der Waals surface area contributed by atoms with Gasteiger partial charge in [-0.05, 0) is 44.2 Å². The molecule has 4 aromatic rings. The molecule has 2 aromatic heterocycles. The smallest absolute Gasteiger partial charge is 0.296 e. The third kappa shape index (κ3) is 3.64. The Labute approximate surface area is 205 Å². The Kier molecular flexibility index (Phi) is 5.56. The number of thiazole rings is 1. The van der Waals surface area contributed by atoms with Crippen LogP contribution in [0.15, 0.2) is 64.3 Å². The average molecular weight is 491 g/mol. The summed E-state index contributed by atoms with van der Waals surface area (Å²) in [5.74, 6) is -1.05. The Bertz CT molecular complexity index is 1460. The normalized spacial score (nSPS) is 15.8. The molecule has 9 heteroatoms. The quantitative estimate of drug-likeness (QED) is 0.366. The van der Waals surface area contributed by atoms with E-state index in [-0.39, 0.29) is 11.3 Å². The largest absolute Gasteiger partial charge is 0.503 e. The molecule has 1 atom stereocenters. The van der Waals surface area contributed by atoms with Gasteiger partial charge in [-0.25, -0.2) is 4.98 Å². The summed E-state index contributed by atoms with van der Waals surface area (Å²) in [6.45, 7) is 3.73. The SMILES string of the molecule is COc1ccc(OC)c(C2C(C(=O)c3cc4ccccc4o3)=C(O)C(=O)N2c2nc(C)c(C)s2)c1. The van der Waals surface area contributed by atoms with Crippen LogP contribution in [0.5, 0.6) is 11.5 Å². The number of ketones is 1. The van der Waals surface area contributed by atoms with Gasteiger partial charge in [0.1, 0.15) is 23.1 Å². The molecule has 0 spiro atoms. The van der Waals surface area contributed by atoms with Gasteiger partial charge in [-0.15, -0.1) is 11.3 Å². The first-order valence-corrected chi connectivity index (χ1v) is 11.6. The van der Waals surface area contributed by atoms with E-state index in [4.69, 9.17) is 13.9 Å². The summed E-state index contributed by atoms with van der Waals surface area (Å²) in [7, 11) is 3.01. The van der Waals surface area contributed by atoms with Crippen molar-refractivity contribution in [3.63, 3.8) is 0 Å². The highest BCUT2D eigenvalue weighted by atomic mass is 32.1. The van der Waals surface area contributed by atoms with Crippen LogP contribution >= 0.6 is 11.3 Å². The minimum Gasteiger partial charge on any atom is -0.503 e. The van der Waals surface area contributed by atoms with Crippen molar-refractivity contribution < 1.29 is 28.6 Å². The second kappa shape index (κ2) is 8.59. The number of amides is 1. The minimum atomic E-state index is -1.02. The van der Waals surface area contributed by atoms with Gasteiger partial charge in [0, 0.05) is 15.8 Å². The lowest BCUT2D eigenvalue weighted by molar-refractivity contribution is -0.117. The summed E-state index contributed by atoms with van der Waals surface area (Å²) in [6.07, 6.45) is 0. The first-order chi connectivity index (χ1) is 16.8. The number of furan rings is 1. The predicted octanol–water partition coefficient (Wildman–Crippen LogP) is 5.31. The van der Waals surface area contributed by atoms with Crippen molar-refractivity contribution in [3.05, 3.63) is 81.8 Å². The molecule has 0 aliphatic carbocycles. The number of anilines is 1. The van der Waals surface area contributed by atoms with Crippen LogP contribution in [-0.4, -0.2) is 36.0 Å². The number of methoxy groups -OCH3 is 2. The van der Waals surface area contributed by atoms with Crippen molar-refractivity contribution >= 4 is 39.1 Å². The molecule has 2 aromatic carbocycles. The zero-order valence-electron chi connectivity index (χ0n) is 19.5. The Hall–Kier alpha value is -4.11. The van der Waals surface area contributed by atoms with E-state index >= 15 is 0 Å². The lowest BCUT2D eigenvalue weighted by atomic mass is 9.94. The van der Waals surface area contributed by atoms with Gasteiger partial charge in [-0.1, -0.05) is 18.2 Å². The standard InChI is InChI=1S/C26H22N2O6S/c1-13-14(2)35-26(27-13)28-22(17-12-16(32-3)9-10-19(17)33-4)21(24(30)25(28)31)23(29)20-11-15-7-5-6-8-18(15)34-20/h5-12,22,30H,1-4H3. The van der Waals surface area contributed by atoms with E-state index in [0.717, 1.165) is 16.0 Å². The lowest BCUT2D eigenvalue weighted by Crippen LogP contribution is -2.31. The lowest BCUT2D eigenvalue weighted by Gasteiger charge is -2.26. The number of aliphatic hydroxyl groups is 1. The number of hydrogen-bond donors (Lipinski definition) is 1. The van der Waals surface area contributed by atoms with Gasteiger partial charge in [0.2, 0.25) is 5.78 Å². The van der Waals surface area contributed by atoms with Gasteiger partial charge < -0.3 is 19.0 Å². The van der Waals surface area contributed by atoms with Gasteiger partial charge >= 0.3 is 0 Å². The molecule has 178 valence electrons. The number of Topliss-reactive ketones (excluding diaryl/α,β-unsaturated/α-hetero) is 1. The van der Waals surface area contributed by atoms with E-state index < -0.39 is 23.5 Å². The molecule has 1 amide bonds. The maximum Gasteiger partial charge on any atom is 0.296 e. The fourth-order valence-corrected chi connectivity index (χ4v) is 5.10. The molecule has 0 fully saturated rings. The molecule has 0 saturated heterocycles. The zero-order chi connectivity index (χ0) is 24.9. The number of benzene rings is 2. The number of rotatable bonds is 6. The Balaban J connectivity index is 1.72. The molecule has 0 radical (unpaired) electrons. The van der Waals surface area contributed by atoms with Gasteiger partial charge in [-0.3, -0.25) is 14.5 Å². The topological polar surface area (TPSA) is 102 Å². The monoisotopic (exact) mass is 490 g/mol. The zero-order valence-corrected chi connectivity index (χ0v) is 20.3. The second-order valence-electron chi connectivity index (χ2n) is 8.06. The van der Waals surface area contributed by atoms with Crippen molar-refractivity contribution in [2.75, 3.05) is 19.1 Å². The molecular formula is C26H22N2O6S. The molecule has 35 heavy (non-hydrogen) atoms. The van der Waals surface area contributed by atoms with E-state index in [1.54, 1.807) is 36.4 Å². The molecule has 0 saturated carbocycles. The van der Waals surface area contributed by atoms with Gasteiger partial charge in [0.05, 0.1) is 25.5 Å². The number of para-hydroxylation sites is 1. The third-order valence-electron chi connectivity index (χ3n) is 6.06. The van der Waals surface area contributed by atoms with Crippen LogP contribution in [-0.2, 0) is 4.79 Å². The number of carbonyl (C=O) groups excluding carboxylic acids is 2. The Morgan fingerprint density at radius 3 is 2.54 bits per heavy atom. The van der Waals surface area contributed by atoms with Gasteiger partial charge in [-0.2, -0.15) is 0 Å². The van der Waals surface area contributed by atoms with E-state index in [1.165, 1.54) is 30.5 Å². The minimum absolute atomic E-state index is 0.0146. The summed E-state index contributed by atoms with van der Waals surface area (Å²) in [5.41, 5.74) is 1.63. The molecule has 1 aliphatic rings. The molecule has 5 rings (SSSR count). The molecular weight excluding hydrogens is 468 g/mol. The number of aliphatic hydroxyl groups excluding tert-OH is 1. The van der Waals surface area contributed by atoms with E-state index in [9.17, 15) is 14.7 Å². The molecule has 1 aliphatic heterocycles. The van der Waals surface area contributed by atoms with E-state index in [1.807, 2.05) is 26.0 Å². The summed E-state index contributed by atoms with van der Waals surface area (Å²) in [6, 6.07) is 12.9. The average Bonchev–Trinajstić information content (AvgIpc) is 3.52. The van der Waals surface area contributed by atoms with E-state index in [2.05, 4.69) is 4.98 Å². The van der Waals surface area contributed by atoms with Crippen molar-refractivity contribution in [3.8, 4) is 11.5 Å². The van der Waals surface area contributed by atoms with Crippen LogP contribution in [0.3, 0.4) is 0 Å². The fraction of sp³-hybridized carbons (Fsp3) is 0.192. The Morgan fingerprint density at radius 1 is 1.11 bits per heavy atom. The van der Waals surface area contributed by atoms with Gasteiger partial charge in [0.15, 0.2) is 16.7 Å². The molecule has 1 N–H and O–H groups in total. The van der Waals surface area contributed by atoms with Gasteiger partial charge in [0.25, 0.3) is 5.91 Å². The number of aryl methyl sites for hydroxylation is 2. The summed E-state index contributed by atoms with van der Waals surface area (Å²) >= 11 is 1.30. The van der Waals surface area contributed by atoms with Crippen LogP contribution in [0.4, 0.5) is 5.13 Å². The predicted molar refractivity (Wildman–Crippen MR) is 132 cm³/mol. The number of nitrogens with zero attached hydrogens (tertiary/aromatic N) is 2. The maximum absolute atomic E-state index is 13.8. The summed E-state index contributed by atoms with van der Waals surface area (Å²) in [5, 5.41) is 12.1. The number of carbonyl (C=O) groups is 2. The van der Waals surface area contributed by atoms with Crippen LogP contribution in [0.25, 0.3) is 11.0 Å². The molecule has 3 heterocycles. The first-order valence-electron chi connectivity index (χ1n) is 10.8. The number of hydrogen-bond acceptors (Lipinski definition) is 8. The Morgan fingerprint density at radius 2 is 1.89 bits per heavy atom. The molecule has 0 bridgehead atoms. The molecule has 8 nitrogen and oxygen atoms in total. The van der Waals surface area contributed by atoms with Crippen molar-refractivity contribution in [1.29, 1.82) is 0 Å². The number of ether oxygens (including phenoxy) is 2. The van der Waals surface area contributed by atoms with Crippen molar-refractivity contribution in [1.82, 2.24) is 4.98 Å². The van der Waals surface area contributed by atoms with Crippen molar-refractivity contribution in [2.24, 2.45) is 0 Å². The first kappa shape index (κ1) is 22.7. The number of fused-ring (bicyclic) bond motifs is 1. The van der Waals surface area contributed by atoms with E-state index in [0.29, 0.717) is 27.8 Å². The highest BCUT2D eigenvalue weighted by Crippen LogP contribution is 2.47. The second-order valence-corrected chi connectivity index (χ2v) is 9.25. The van der Waals surface area contributed by atoms with Crippen LogP contribution < -0.4 is 14.4 Å². The van der Waals surface area contributed by atoms with Crippen LogP contribution in [0.2, 0.25) is 0 Å².